The Morgan fingerprint density at radius 2 is 0.598 bits per heavy atom. The molecule has 102 heavy (non-hydrogen) atoms. The molecule has 12 rings (SSSR count). The second-order valence-corrected chi connectivity index (χ2v) is 26.7. The van der Waals surface area contributed by atoms with Gasteiger partial charge in [0.1, 0.15) is 59.6 Å². The molecule has 6 aromatic rings. The fourth-order valence-electron chi connectivity index (χ4n) is 10.7. The fourth-order valence-corrected chi connectivity index (χ4v) is 13.4. The number of aromatic hydroxyl groups is 2. The molecule has 0 atom stereocenters. The van der Waals surface area contributed by atoms with Crippen molar-refractivity contribution >= 4 is 265 Å². The second-order valence-electron chi connectivity index (χ2n) is 22.7. The van der Waals surface area contributed by atoms with E-state index in [2.05, 4.69) is 25.3 Å². The lowest BCUT2D eigenvalue weighted by Crippen LogP contribution is -2.30. The molecule has 6 aromatic carbocycles. The van der Waals surface area contributed by atoms with Crippen LogP contribution in [-0.4, -0.2) is 87.1 Å². The summed E-state index contributed by atoms with van der Waals surface area (Å²) in [5.41, 5.74) is 82.8. The number of aliphatic hydroxyl groups is 2. The molecule has 0 spiro atoms. The minimum absolute atomic E-state index is 0.0179. The van der Waals surface area contributed by atoms with E-state index in [-0.39, 0.29) is 140 Å². The molecule has 0 heterocycles. The smallest absolute Gasteiger partial charge is 0.246 e. The molecule has 528 valence electrons. The Morgan fingerprint density at radius 1 is 0.284 bits per heavy atom. The van der Waals surface area contributed by atoms with Crippen LogP contribution in [0.4, 0.5) is 56.9 Å². The Hall–Kier alpha value is -10.2. The van der Waals surface area contributed by atoms with Gasteiger partial charge in [-0.25, -0.2) is 0 Å². The van der Waals surface area contributed by atoms with Crippen molar-refractivity contribution < 1.29 is 63.6 Å². The van der Waals surface area contributed by atoms with Gasteiger partial charge in [-0.05, 0) is 111 Å². The number of carbonyl (C=O) groups excluding carboxylic acids is 9. The van der Waals surface area contributed by atoms with Gasteiger partial charge in [0, 0.05) is 94.5 Å². The molecule has 0 aromatic heterocycles. The predicted octanol–water partition coefficient (Wildman–Crippen LogP) is 8.77. The zero-order chi connectivity index (χ0) is 77.4. The van der Waals surface area contributed by atoms with E-state index >= 15 is 0 Å². The summed E-state index contributed by atoms with van der Waals surface area (Å²) in [4.78, 5) is 106. The summed E-state index contributed by atoms with van der Waals surface area (Å²) in [6, 6.07) is 9.25. The summed E-state index contributed by atoms with van der Waals surface area (Å²) in [5, 5.41) is 38.0. The van der Waals surface area contributed by atoms with Gasteiger partial charge in [-0.2, -0.15) is 0 Å². The zero-order valence-corrected chi connectivity index (χ0v) is 61.5. The van der Waals surface area contributed by atoms with E-state index in [1.165, 1.54) is 13.0 Å². The highest BCUT2D eigenvalue weighted by Crippen LogP contribution is 2.46. The second kappa shape index (κ2) is 29.4. The topological polar surface area (TPSA) is 573 Å². The van der Waals surface area contributed by atoms with Gasteiger partial charge in [-0.1, -0.05) is 94.7 Å². The number of carbonyl (C=O) groups is 9. The molecule has 6 aliphatic carbocycles. The van der Waals surface area contributed by atoms with Crippen LogP contribution in [0.3, 0.4) is 0 Å². The van der Waals surface area contributed by atoms with Gasteiger partial charge in [0.15, 0.2) is 0 Å². The summed E-state index contributed by atoms with van der Waals surface area (Å²) < 4.78 is 0. The standard InChI is InChI=1S/C11H10ClN3OS.4C11H9ClN2O2S.C11H10N2O4/c1-3-2-4(13)5-6(8(3)14)10(16)7(12)9(15)11(5)17;1-3-2-4(13)5-6(8(3)14)9(15)10(16)7(12)11(5)17;1-3-2-4(13)5-6(8(3)14)9(15)7(12)10(16)11(5)17;1-3-2-4(13)5-6(8(3)14)11(17)7(12)10(16)9(5)15;1-3-2-4(13)5-6(8(3)14)11(17)10(16)7(12)9(5)15;1-3-2-4(14)5-6(9(3)15)11(17)8(13)7(12)10(5)16/h2H,13-15H2,1H3;2,17H,13-14H2,1H3;2,15H,13-14H2,1H3;2,17H,13-14H2,1H3;2,15H,13-14H2,1H3;2,14-15H,12-13H2,1H3. The Kier molecular flexibility index (Phi) is 22.8. The Labute approximate surface area is 629 Å². The van der Waals surface area contributed by atoms with Crippen LogP contribution in [0.5, 0.6) is 11.5 Å². The number of hydrogen-bond acceptors (Lipinski definition) is 31. The van der Waals surface area contributed by atoms with Crippen LogP contribution in [0.15, 0.2) is 78.7 Å². The highest BCUT2D eigenvalue weighted by Gasteiger charge is 2.40. The SMILES string of the molecule is Cc1cc(N)c2c(c1N)C(=O)C(=O)C(Cl)=C2S.Cc1cc(N)c2c(c1N)C(=O)C(Cl)=C(N)C2=S.Cc1cc(N)c2c(c1N)C(=S)C(=O)C(Cl)=C2O.Cc1cc(N)c2c(c1N)C(O)=C(Cl)C(=O)C2=S.Cc1cc(N)c2c(c1N)C(S)=C(Cl)C(=O)C2=O.Cc1cc(O)c2c(c1O)C(=O)C(N)=C(N)C2=O. The maximum atomic E-state index is 12.0. The molecule has 0 amide bonds. The van der Waals surface area contributed by atoms with Crippen LogP contribution < -0.4 is 74.5 Å². The fraction of sp³-hybridized carbons (Fsp3) is 0.0909. The van der Waals surface area contributed by atoms with E-state index in [9.17, 15) is 63.6 Å². The molecule has 0 aliphatic heterocycles. The molecular formula is C66H56Cl5N13O13S5. The lowest BCUT2D eigenvalue weighted by Gasteiger charge is -2.21. The molecular weight excluding hydrogens is 1520 g/mol. The number of ketones is 9. The number of fused-ring (bicyclic) bond motifs is 6. The third-order valence-corrected chi connectivity index (χ3v) is 20.3. The van der Waals surface area contributed by atoms with Crippen LogP contribution in [0.2, 0.25) is 0 Å². The number of aliphatic hydroxyl groups excluding tert-OH is 2. The van der Waals surface area contributed by atoms with Crippen molar-refractivity contribution in [3.8, 4) is 11.5 Å². The van der Waals surface area contributed by atoms with Crippen molar-refractivity contribution in [2.75, 3.05) is 57.3 Å². The third-order valence-electron chi connectivity index (χ3n) is 16.2. The number of allylic oxidation sites excluding steroid dienone is 8. The van der Waals surface area contributed by atoms with Gasteiger partial charge in [0.05, 0.1) is 59.2 Å². The minimum atomic E-state index is -0.806. The number of Topliss-reactive ketones (excluding diaryl/α,β-unsaturated/α-hetero) is 9. The first-order valence-electron chi connectivity index (χ1n) is 28.5. The average molecular weight is 1580 g/mol. The van der Waals surface area contributed by atoms with Crippen molar-refractivity contribution in [2.45, 2.75) is 41.5 Å². The lowest BCUT2D eigenvalue weighted by molar-refractivity contribution is -0.111. The molecule has 0 radical (unpaired) electrons. The molecule has 0 bridgehead atoms. The van der Waals surface area contributed by atoms with Gasteiger partial charge in [-0.3, -0.25) is 43.2 Å². The zero-order valence-electron chi connectivity index (χ0n) is 53.4. The van der Waals surface area contributed by atoms with E-state index < -0.39 is 69.2 Å². The van der Waals surface area contributed by atoms with Crippen LogP contribution in [0.1, 0.15) is 124 Å². The van der Waals surface area contributed by atoms with Gasteiger partial charge >= 0.3 is 0 Å². The molecule has 26 nitrogen and oxygen atoms in total. The number of phenolic OH excluding ortho intramolecular Hbond substituents is 2. The van der Waals surface area contributed by atoms with Gasteiger partial charge in [0.2, 0.25) is 52.0 Å². The summed E-state index contributed by atoms with van der Waals surface area (Å²) in [6.45, 7) is 10.2. The number of halogens is 5. The first kappa shape index (κ1) is 79.1. The van der Waals surface area contributed by atoms with Crippen LogP contribution in [0.25, 0.3) is 21.3 Å². The Morgan fingerprint density at radius 3 is 1.04 bits per heavy atom. The Bertz CT molecular complexity index is 4990. The van der Waals surface area contributed by atoms with Crippen LogP contribution >= 0.6 is 120 Å². The molecule has 0 saturated carbocycles. The lowest BCUT2D eigenvalue weighted by atomic mass is 9.88. The van der Waals surface area contributed by atoms with Crippen molar-refractivity contribution in [3.05, 3.63) is 179 Å². The number of thiol groups is 2. The first-order chi connectivity index (χ1) is 47.1. The molecule has 0 unspecified atom stereocenters. The molecule has 36 heteroatoms. The monoisotopic (exact) mass is 1570 g/mol. The number of aryl methyl sites for hydroxylation is 6. The average Bonchev–Trinajstić information content (AvgIpc) is 0.798. The van der Waals surface area contributed by atoms with E-state index in [4.69, 9.17) is 169 Å². The largest absolute Gasteiger partial charge is 0.507 e. The van der Waals surface area contributed by atoms with Gasteiger partial charge in [0.25, 0.3) is 0 Å². The Balaban J connectivity index is 0.000000172. The van der Waals surface area contributed by atoms with E-state index in [0.29, 0.717) is 89.9 Å². The summed E-state index contributed by atoms with van der Waals surface area (Å²) >= 11 is 52.2. The number of thiocarbonyl (C=S) groups is 3. The maximum absolute atomic E-state index is 12.0. The number of hydrogen-bond donors (Lipinski definition) is 19. The van der Waals surface area contributed by atoms with Crippen molar-refractivity contribution in [2.24, 2.45) is 17.2 Å². The van der Waals surface area contributed by atoms with Crippen molar-refractivity contribution in [1.82, 2.24) is 0 Å². The summed E-state index contributed by atoms with van der Waals surface area (Å²) in [6.07, 6.45) is 0. The molecule has 30 N–H and O–H groups in total. The van der Waals surface area contributed by atoms with E-state index in [1.807, 2.05) is 0 Å². The van der Waals surface area contributed by atoms with Crippen LogP contribution in [-0.2, 0) is 19.2 Å². The molecule has 0 saturated heterocycles. The number of nitrogens with two attached hydrogens (primary N) is 13. The third kappa shape index (κ3) is 13.4. The molecule has 6 aliphatic rings. The van der Waals surface area contributed by atoms with E-state index in [1.54, 1.807) is 65.0 Å². The van der Waals surface area contributed by atoms with E-state index in [0.717, 1.165) is 0 Å². The highest BCUT2D eigenvalue weighted by atomic mass is 35.5. The summed E-state index contributed by atoms with van der Waals surface area (Å²) in [7, 11) is 0. The highest BCUT2D eigenvalue weighted by molar-refractivity contribution is 7.91. The van der Waals surface area contributed by atoms with Gasteiger partial charge < -0.3 is 95.0 Å². The van der Waals surface area contributed by atoms with Crippen LogP contribution in [0, 0.1) is 41.5 Å². The van der Waals surface area contributed by atoms with Crippen molar-refractivity contribution in [1.29, 1.82) is 0 Å². The maximum Gasteiger partial charge on any atom is 0.246 e. The first-order valence-corrected chi connectivity index (χ1v) is 32.5. The normalized spacial score (nSPS) is 15.2. The van der Waals surface area contributed by atoms with Crippen molar-refractivity contribution in [3.63, 3.8) is 0 Å². The number of anilines is 10. The minimum Gasteiger partial charge on any atom is -0.507 e. The predicted molar refractivity (Wildman–Crippen MR) is 418 cm³/mol. The number of benzene rings is 6. The number of nitrogen functional groups attached to an aromatic ring is 10. The number of phenols is 2. The van der Waals surface area contributed by atoms with Gasteiger partial charge in [-0.15, -0.1) is 25.3 Å². The molecule has 0 fully saturated rings. The quantitative estimate of drug-likeness (QED) is 0.0222. The summed E-state index contributed by atoms with van der Waals surface area (Å²) in [5.74, 6) is -7.76. The number of rotatable bonds is 0.